The minimum Gasteiger partial charge on any atom is -0.481 e. The first kappa shape index (κ1) is 15.8. The lowest BCUT2D eigenvalue weighted by Crippen LogP contribution is -2.36. The monoisotopic (exact) mass is 321 g/mol. The zero-order valence-corrected chi connectivity index (χ0v) is 12.2. The van der Waals surface area contributed by atoms with Crippen molar-refractivity contribution in [2.75, 3.05) is 17.2 Å². The van der Waals surface area contributed by atoms with E-state index in [2.05, 4.69) is 0 Å². The van der Waals surface area contributed by atoms with Crippen molar-refractivity contribution in [2.24, 2.45) is 5.73 Å². The lowest BCUT2D eigenvalue weighted by Gasteiger charge is -2.25. The van der Waals surface area contributed by atoms with E-state index in [0.29, 0.717) is 17.1 Å². The number of amidine groups is 1. The van der Waals surface area contributed by atoms with Crippen molar-refractivity contribution in [3.8, 4) is 0 Å². The van der Waals surface area contributed by atoms with E-state index in [1.807, 2.05) is 0 Å². The van der Waals surface area contributed by atoms with Crippen molar-refractivity contribution < 1.29 is 14.7 Å². The minimum atomic E-state index is -1.14. The molecule has 0 saturated heterocycles. The molecule has 0 radical (unpaired) electrons. The SMILES string of the molecule is Cl.N=C(N)c1cc2c(s1)SCCN2C(=O)CC(=O)O. The van der Waals surface area contributed by atoms with Crippen LogP contribution in [0.5, 0.6) is 0 Å². The fourth-order valence-electron chi connectivity index (χ4n) is 1.62. The molecule has 6 nitrogen and oxygen atoms in total. The normalized spacial score (nSPS) is 13.4. The Morgan fingerprint density at radius 1 is 1.53 bits per heavy atom. The van der Waals surface area contributed by atoms with Gasteiger partial charge in [-0.25, -0.2) is 0 Å². The van der Waals surface area contributed by atoms with Crippen molar-refractivity contribution in [1.29, 1.82) is 5.41 Å². The summed E-state index contributed by atoms with van der Waals surface area (Å²) in [5, 5.41) is 16.0. The van der Waals surface area contributed by atoms with Crippen LogP contribution in [0.25, 0.3) is 0 Å². The Kier molecular flexibility index (Phi) is 5.21. The number of nitrogens with one attached hydrogen (secondary N) is 1. The zero-order valence-electron chi connectivity index (χ0n) is 9.71. The molecule has 0 unspecified atom stereocenters. The molecule has 1 amide bonds. The number of carbonyl (C=O) groups is 2. The van der Waals surface area contributed by atoms with Crippen LogP contribution in [0.1, 0.15) is 11.3 Å². The summed E-state index contributed by atoms with van der Waals surface area (Å²) in [5.74, 6) is -0.893. The molecule has 2 rings (SSSR count). The van der Waals surface area contributed by atoms with Gasteiger partial charge in [-0.2, -0.15) is 0 Å². The maximum absolute atomic E-state index is 11.8. The molecule has 1 aliphatic rings. The van der Waals surface area contributed by atoms with Crippen molar-refractivity contribution in [3.05, 3.63) is 10.9 Å². The molecule has 4 N–H and O–H groups in total. The molecular weight excluding hydrogens is 310 g/mol. The number of carboxylic acid groups (broad SMARTS) is 1. The molecule has 0 fully saturated rings. The molecular formula is C10H12ClN3O3S2. The molecule has 1 aromatic heterocycles. The first-order valence-electron chi connectivity index (χ1n) is 5.12. The minimum absolute atomic E-state index is 0. The van der Waals surface area contributed by atoms with Gasteiger partial charge in [-0.3, -0.25) is 15.0 Å². The fraction of sp³-hybridized carbons (Fsp3) is 0.300. The second-order valence-electron chi connectivity index (χ2n) is 3.66. The Hall–Kier alpha value is -1.25. The smallest absolute Gasteiger partial charge is 0.312 e. The summed E-state index contributed by atoms with van der Waals surface area (Å²) < 4.78 is 0.908. The van der Waals surface area contributed by atoms with Gasteiger partial charge in [0.15, 0.2) is 0 Å². The summed E-state index contributed by atoms with van der Waals surface area (Å²) in [5.41, 5.74) is 6.09. The molecule has 0 saturated carbocycles. The van der Waals surface area contributed by atoms with Gasteiger partial charge in [0.05, 0.1) is 14.8 Å². The summed E-state index contributed by atoms with van der Waals surface area (Å²) in [6.07, 6.45) is -0.518. The Labute approximate surface area is 123 Å². The van der Waals surface area contributed by atoms with E-state index in [4.69, 9.17) is 16.2 Å². The highest BCUT2D eigenvalue weighted by atomic mass is 35.5. The van der Waals surface area contributed by atoms with Gasteiger partial charge in [0.25, 0.3) is 0 Å². The molecule has 0 spiro atoms. The van der Waals surface area contributed by atoms with Crippen LogP contribution in [0.3, 0.4) is 0 Å². The van der Waals surface area contributed by atoms with E-state index in [1.165, 1.54) is 16.2 Å². The quantitative estimate of drug-likeness (QED) is 0.443. The fourth-order valence-corrected chi connectivity index (χ4v) is 3.91. The van der Waals surface area contributed by atoms with Crippen molar-refractivity contribution in [3.63, 3.8) is 0 Å². The third kappa shape index (κ3) is 3.40. The predicted octanol–water partition coefficient (Wildman–Crippen LogP) is 1.37. The molecule has 2 heterocycles. The number of halogens is 1. The second-order valence-corrected chi connectivity index (χ2v) is 6.08. The number of carboxylic acids is 1. The van der Waals surface area contributed by atoms with Crippen LogP contribution in [0, 0.1) is 5.41 Å². The number of rotatable bonds is 3. The summed E-state index contributed by atoms with van der Waals surface area (Å²) >= 11 is 2.95. The Morgan fingerprint density at radius 3 is 2.79 bits per heavy atom. The van der Waals surface area contributed by atoms with Gasteiger partial charge >= 0.3 is 5.97 Å². The zero-order chi connectivity index (χ0) is 13.3. The Balaban J connectivity index is 0.00000180. The highest BCUT2D eigenvalue weighted by molar-refractivity contribution is 8.01. The van der Waals surface area contributed by atoms with E-state index in [9.17, 15) is 9.59 Å². The van der Waals surface area contributed by atoms with Gasteiger partial charge < -0.3 is 15.7 Å². The number of anilines is 1. The Bertz CT molecular complexity index is 532. The molecule has 0 aliphatic carbocycles. The summed E-state index contributed by atoms with van der Waals surface area (Å²) in [6, 6.07) is 1.67. The predicted molar refractivity (Wildman–Crippen MR) is 77.9 cm³/mol. The lowest BCUT2D eigenvalue weighted by molar-refractivity contribution is -0.140. The van der Waals surface area contributed by atoms with Crippen LogP contribution in [0.2, 0.25) is 0 Å². The highest BCUT2D eigenvalue weighted by Gasteiger charge is 2.27. The van der Waals surface area contributed by atoms with E-state index in [0.717, 1.165) is 9.96 Å². The first-order valence-corrected chi connectivity index (χ1v) is 6.92. The number of aliphatic carboxylic acids is 1. The number of hydrogen-bond acceptors (Lipinski definition) is 5. The number of thioether (sulfide) groups is 1. The van der Waals surface area contributed by atoms with E-state index in [1.54, 1.807) is 17.8 Å². The van der Waals surface area contributed by atoms with E-state index >= 15 is 0 Å². The number of hydrogen-bond donors (Lipinski definition) is 3. The van der Waals surface area contributed by atoms with Crippen LogP contribution >= 0.6 is 35.5 Å². The highest BCUT2D eigenvalue weighted by Crippen LogP contribution is 2.41. The molecule has 104 valence electrons. The molecule has 19 heavy (non-hydrogen) atoms. The van der Waals surface area contributed by atoms with Crippen molar-refractivity contribution in [1.82, 2.24) is 0 Å². The third-order valence-corrected chi connectivity index (χ3v) is 4.80. The third-order valence-electron chi connectivity index (χ3n) is 2.39. The van der Waals surface area contributed by atoms with E-state index in [-0.39, 0.29) is 18.2 Å². The van der Waals surface area contributed by atoms with Crippen molar-refractivity contribution in [2.45, 2.75) is 10.6 Å². The molecule has 1 aromatic rings. The topological polar surface area (TPSA) is 107 Å². The average molecular weight is 322 g/mol. The first-order chi connectivity index (χ1) is 8.49. The van der Waals surface area contributed by atoms with Crippen LogP contribution in [-0.2, 0) is 9.59 Å². The average Bonchev–Trinajstić information content (AvgIpc) is 2.71. The Morgan fingerprint density at radius 2 is 2.21 bits per heavy atom. The number of nitrogen functional groups attached to an aromatic ring is 1. The molecule has 0 atom stereocenters. The summed E-state index contributed by atoms with van der Waals surface area (Å²) in [4.78, 5) is 24.4. The van der Waals surface area contributed by atoms with Gasteiger partial charge in [-0.15, -0.1) is 35.5 Å². The maximum Gasteiger partial charge on any atom is 0.312 e. The maximum atomic E-state index is 11.8. The van der Waals surface area contributed by atoms with E-state index < -0.39 is 18.3 Å². The van der Waals surface area contributed by atoms with Gasteiger partial charge in [-0.05, 0) is 6.07 Å². The van der Waals surface area contributed by atoms with Gasteiger partial charge in [-0.1, -0.05) is 0 Å². The number of thiophene rings is 1. The van der Waals surface area contributed by atoms with Crippen LogP contribution in [0.4, 0.5) is 5.69 Å². The largest absolute Gasteiger partial charge is 0.481 e. The van der Waals surface area contributed by atoms with Crippen LogP contribution in [-0.4, -0.2) is 35.1 Å². The second kappa shape index (κ2) is 6.27. The van der Waals surface area contributed by atoms with Crippen molar-refractivity contribution >= 4 is 58.9 Å². The summed E-state index contributed by atoms with van der Waals surface area (Å²) in [7, 11) is 0. The van der Waals surface area contributed by atoms with Crippen LogP contribution in [0.15, 0.2) is 10.3 Å². The molecule has 0 bridgehead atoms. The molecule has 1 aliphatic heterocycles. The number of nitrogens with zero attached hydrogens (tertiary/aromatic N) is 1. The number of amides is 1. The van der Waals surface area contributed by atoms with Gasteiger partial charge in [0, 0.05) is 12.3 Å². The van der Waals surface area contributed by atoms with Gasteiger partial charge in [0.1, 0.15) is 12.3 Å². The van der Waals surface area contributed by atoms with Gasteiger partial charge in [0.2, 0.25) is 5.91 Å². The standard InChI is InChI=1S/C10H11N3O3S2.ClH/c11-9(12)6-3-5-10(18-6)17-2-1-13(5)7(14)4-8(15)16;/h3H,1-2,4H2,(H3,11,12)(H,15,16);1H. The molecule has 9 heteroatoms. The molecule has 0 aromatic carbocycles. The van der Waals surface area contributed by atoms with Crippen LogP contribution < -0.4 is 10.6 Å². The number of nitrogens with two attached hydrogens (primary N) is 1. The number of carbonyl (C=O) groups excluding carboxylic acids is 1. The summed E-state index contributed by atoms with van der Waals surface area (Å²) in [6.45, 7) is 0.484. The lowest BCUT2D eigenvalue weighted by atomic mass is 10.3. The number of fused-ring (bicyclic) bond motifs is 1.